The summed E-state index contributed by atoms with van der Waals surface area (Å²) >= 11 is 0. The number of phosphoric acid groups is 1. The first kappa shape index (κ1) is 51.7. The van der Waals surface area contributed by atoms with Gasteiger partial charge < -0.3 is 20.1 Å². The van der Waals surface area contributed by atoms with Crippen LogP contribution >= 0.6 is 7.82 Å². The minimum atomic E-state index is -4.27. The molecule has 312 valence electrons. The van der Waals surface area contributed by atoms with Crippen LogP contribution in [0.5, 0.6) is 0 Å². The van der Waals surface area contributed by atoms with Gasteiger partial charge in [0.15, 0.2) is 0 Å². The van der Waals surface area contributed by atoms with Gasteiger partial charge in [-0.15, -0.1) is 0 Å². The summed E-state index contributed by atoms with van der Waals surface area (Å²) in [5.74, 6) is -0.335. The van der Waals surface area contributed by atoms with Crippen LogP contribution in [0, 0.1) is 0 Å². The van der Waals surface area contributed by atoms with Gasteiger partial charge in [-0.25, -0.2) is 4.57 Å². The topological polar surface area (TPSA) is 117 Å². The van der Waals surface area contributed by atoms with E-state index in [-0.39, 0.29) is 32.3 Å². The van der Waals surface area contributed by atoms with Crippen LogP contribution in [0.15, 0.2) is 36.5 Å². The van der Waals surface area contributed by atoms with Crippen LogP contribution in [0.3, 0.4) is 0 Å². The van der Waals surface area contributed by atoms with Gasteiger partial charge in [0, 0.05) is 19.6 Å². The highest BCUT2D eigenvalue weighted by molar-refractivity contribution is 7.47. The van der Waals surface area contributed by atoms with Crippen molar-refractivity contribution >= 4 is 13.8 Å². The monoisotopic (exact) mass is 770 g/mol. The van der Waals surface area contributed by atoms with E-state index in [1.54, 1.807) is 0 Å². The van der Waals surface area contributed by atoms with E-state index in [1.165, 1.54) is 141 Å². The number of hydrogen-bond donors (Lipinski definition) is 2. The van der Waals surface area contributed by atoms with Gasteiger partial charge in [0.05, 0.1) is 19.8 Å². The smallest absolute Gasteiger partial charge is 0.457 e. The molecule has 2 atom stereocenters. The van der Waals surface area contributed by atoms with E-state index in [9.17, 15) is 14.3 Å². The molecule has 0 aromatic carbocycles. The van der Waals surface area contributed by atoms with Crippen LogP contribution in [0.25, 0.3) is 0 Å². The Morgan fingerprint density at radius 1 is 0.566 bits per heavy atom. The lowest BCUT2D eigenvalue weighted by atomic mass is 10.0. The van der Waals surface area contributed by atoms with Gasteiger partial charge in [-0.05, 0) is 64.2 Å². The number of carbonyl (C=O) groups is 1. The number of phosphoric ester groups is 1. The zero-order valence-electron chi connectivity index (χ0n) is 34.5. The van der Waals surface area contributed by atoms with Crippen molar-refractivity contribution in [1.82, 2.24) is 0 Å². The number of ether oxygens (including phenoxy) is 2. The third-order valence-electron chi connectivity index (χ3n) is 9.26. The molecule has 0 aromatic heterocycles. The zero-order valence-corrected chi connectivity index (χ0v) is 35.4. The van der Waals surface area contributed by atoms with E-state index in [0.29, 0.717) is 13.0 Å². The molecule has 0 aliphatic carbocycles. The quantitative estimate of drug-likeness (QED) is 0.0273. The van der Waals surface area contributed by atoms with Gasteiger partial charge in [0.25, 0.3) is 0 Å². The first-order valence-corrected chi connectivity index (χ1v) is 23.5. The molecule has 0 heterocycles. The van der Waals surface area contributed by atoms with Crippen LogP contribution in [-0.4, -0.2) is 49.9 Å². The Hall–Kier alpha value is -1.28. The second kappa shape index (κ2) is 41.9. The summed E-state index contributed by atoms with van der Waals surface area (Å²) in [6, 6.07) is 0. The Labute approximate surface area is 327 Å². The number of carbonyl (C=O) groups excluding carboxylic acids is 1. The Balaban J connectivity index is 3.94. The van der Waals surface area contributed by atoms with E-state index in [1.807, 2.05) is 0 Å². The predicted molar refractivity (Wildman–Crippen MR) is 224 cm³/mol. The number of hydrogen-bond acceptors (Lipinski definition) is 7. The summed E-state index contributed by atoms with van der Waals surface area (Å²) in [7, 11) is -4.27. The fourth-order valence-electron chi connectivity index (χ4n) is 6.03. The molecule has 0 rings (SSSR count). The summed E-state index contributed by atoms with van der Waals surface area (Å²) < 4.78 is 33.4. The molecular weight excluding hydrogens is 685 g/mol. The zero-order chi connectivity index (χ0) is 38.8. The van der Waals surface area contributed by atoms with Crippen molar-refractivity contribution in [2.24, 2.45) is 5.73 Å². The Morgan fingerprint density at radius 3 is 1.57 bits per heavy atom. The SMILES string of the molecule is CCC/C=C\CCCCCCCCOCC(COP(=O)(O)OCCN)OC(=O)CCCCCCCCCCCCC/C=C\C/C=C\CCCCCCC. The van der Waals surface area contributed by atoms with Gasteiger partial charge in [0.1, 0.15) is 6.10 Å². The lowest BCUT2D eigenvalue weighted by Crippen LogP contribution is -2.28. The summed E-state index contributed by atoms with van der Waals surface area (Å²) in [6.07, 6.45) is 47.4. The molecule has 53 heavy (non-hydrogen) atoms. The highest BCUT2D eigenvalue weighted by Crippen LogP contribution is 2.43. The Kier molecular flexibility index (Phi) is 40.9. The summed E-state index contributed by atoms with van der Waals surface area (Å²) in [5.41, 5.74) is 5.36. The molecule has 0 aromatic rings. The van der Waals surface area contributed by atoms with E-state index < -0.39 is 13.9 Å². The Morgan fingerprint density at radius 2 is 1.04 bits per heavy atom. The molecule has 0 amide bonds. The van der Waals surface area contributed by atoms with E-state index >= 15 is 0 Å². The standard InChI is InChI=1S/C44H84NO7P/c1-3-5-7-9-11-13-15-16-17-18-19-20-21-22-23-24-25-26-27-29-31-33-35-37-44(46)52-43(42-51-53(47,48)50-40-38-45)41-49-39-36-34-32-30-28-14-12-10-8-6-4-2/h8,10,15-16,18-19,43H,3-7,9,11-14,17,20-42,45H2,1-2H3,(H,47,48)/b10-8-,16-15-,19-18-. The molecule has 9 heteroatoms. The summed E-state index contributed by atoms with van der Waals surface area (Å²) in [5, 5.41) is 0. The van der Waals surface area contributed by atoms with Gasteiger partial charge >= 0.3 is 13.8 Å². The summed E-state index contributed by atoms with van der Waals surface area (Å²) in [4.78, 5) is 22.5. The molecule has 0 saturated carbocycles. The fraction of sp³-hybridized carbons (Fsp3) is 0.841. The summed E-state index contributed by atoms with van der Waals surface area (Å²) in [6.45, 7) is 4.85. The molecule has 0 bridgehead atoms. The lowest BCUT2D eigenvalue weighted by molar-refractivity contribution is -0.154. The molecule has 3 N–H and O–H groups in total. The number of allylic oxidation sites excluding steroid dienone is 6. The van der Waals surface area contributed by atoms with Crippen LogP contribution < -0.4 is 5.73 Å². The van der Waals surface area contributed by atoms with Crippen LogP contribution in [-0.2, 0) is 27.9 Å². The molecule has 0 saturated heterocycles. The normalized spacial score (nSPS) is 13.8. The molecule has 8 nitrogen and oxygen atoms in total. The van der Waals surface area contributed by atoms with Gasteiger partial charge in [-0.1, -0.05) is 166 Å². The van der Waals surface area contributed by atoms with Crippen LogP contribution in [0.2, 0.25) is 0 Å². The van der Waals surface area contributed by atoms with E-state index in [2.05, 4.69) is 50.3 Å². The van der Waals surface area contributed by atoms with Gasteiger partial charge in [0.2, 0.25) is 0 Å². The fourth-order valence-corrected chi connectivity index (χ4v) is 6.79. The molecule has 0 fully saturated rings. The van der Waals surface area contributed by atoms with Crippen molar-refractivity contribution < 1.29 is 32.8 Å². The maximum Gasteiger partial charge on any atom is 0.472 e. The second-order valence-electron chi connectivity index (χ2n) is 14.6. The largest absolute Gasteiger partial charge is 0.472 e. The van der Waals surface area contributed by atoms with Gasteiger partial charge in [-0.3, -0.25) is 13.8 Å². The minimum Gasteiger partial charge on any atom is -0.457 e. The highest BCUT2D eigenvalue weighted by atomic mass is 31.2. The second-order valence-corrected chi connectivity index (χ2v) is 16.0. The highest BCUT2D eigenvalue weighted by Gasteiger charge is 2.25. The van der Waals surface area contributed by atoms with Crippen LogP contribution in [0.1, 0.15) is 200 Å². The molecule has 2 unspecified atom stereocenters. The van der Waals surface area contributed by atoms with Gasteiger partial charge in [-0.2, -0.15) is 0 Å². The maximum atomic E-state index is 12.6. The number of esters is 1. The first-order chi connectivity index (χ1) is 25.9. The number of unbranched alkanes of at least 4 members (excludes halogenated alkanes) is 23. The van der Waals surface area contributed by atoms with Crippen molar-refractivity contribution in [3.63, 3.8) is 0 Å². The number of rotatable bonds is 42. The molecular formula is C44H84NO7P. The molecule has 0 aliphatic rings. The average Bonchev–Trinajstić information content (AvgIpc) is 3.15. The third-order valence-corrected chi connectivity index (χ3v) is 10.2. The third kappa shape index (κ3) is 41.7. The van der Waals surface area contributed by atoms with Crippen molar-refractivity contribution in [2.75, 3.05) is 33.0 Å². The van der Waals surface area contributed by atoms with E-state index in [4.69, 9.17) is 24.3 Å². The average molecular weight is 770 g/mol. The minimum absolute atomic E-state index is 0.0969. The van der Waals surface area contributed by atoms with E-state index in [0.717, 1.165) is 38.5 Å². The van der Waals surface area contributed by atoms with Crippen LogP contribution in [0.4, 0.5) is 0 Å². The van der Waals surface area contributed by atoms with Crippen molar-refractivity contribution in [3.05, 3.63) is 36.5 Å². The predicted octanol–water partition coefficient (Wildman–Crippen LogP) is 13.0. The van der Waals surface area contributed by atoms with Crippen molar-refractivity contribution in [2.45, 2.75) is 206 Å². The van der Waals surface area contributed by atoms with Crippen molar-refractivity contribution in [3.8, 4) is 0 Å². The first-order valence-electron chi connectivity index (χ1n) is 22.0. The molecule has 0 radical (unpaired) electrons. The lowest BCUT2D eigenvalue weighted by Gasteiger charge is -2.20. The maximum absolute atomic E-state index is 12.6. The molecule has 0 aliphatic heterocycles. The molecule has 0 spiro atoms. The van der Waals surface area contributed by atoms with Crippen molar-refractivity contribution in [1.29, 1.82) is 0 Å². The number of nitrogens with two attached hydrogens (primary N) is 1. The Bertz CT molecular complexity index is 910.